The molecule has 4 nitrogen and oxygen atoms in total. The molecule has 0 aliphatic rings. The van der Waals surface area contributed by atoms with Crippen LogP contribution in [-0.4, -0.2) is 16.9 Å². The molecule has 2 N–H and O–H groups in total. The largest absolute Gasteiger partial charge is 0.480 e. The molecule has 0 fully saturated rings. The van der Waals surface area contributed by atoms with Crippen molar-refractivity contribution < 1.29 is 17.9 Å². The van der Waals surface area contributed by atoms with E-state index < -0.39 is 17.6 Å². The monoisotopic (exact) mass is 231 g/mol. The summed E-state index contributed by atoms with van der Waals surface area (Å²) in [6.07, 6.45) is -4.54. The molecule has 1 rings (SSSR count). The Morgan fingerprint density at radius 1 is 1.43 bits per heavy atom. The van der Waals surface area contributed by atoms with Crippen LogP contribution in [0.3, 0.4) is 0 Å². The predicted octanol–water partition coefficient (Wildman–Crippen LogP) is 1.45. The lowest BCUT2D eigenvalue weighted by Crippen LogP contribution is -2.09. The molecule has 0 amide bonds. The molecule has 0 saturated heterocycles. The molecule has 0 atom stereocenters. The van der Waals surface area contributed by atoms with Crippen molar-refractivity contribution in [3.63, 3.8) is 0 Å². The molecular weight excluding hydrogens is 223 g/mol. The molecule has 0 aromatic carbocycles. The average molecular weight is 232 g/mol. The maximum atomic E-state index is 12.2. The normalized spacial score (nSPS) is 10.9. The SMILES string of the molecule is COc1c(N)c(C(F)(F)F)nn1C.Cl. The van der Waals surface area contributed by atoms with Gasteiger partial charge in [-0.3, -0.25) is 0 Å². The number of anilines is 1. The van der Waals surface area contributed by atoms with Crippen LogP contribution in [0.15, 0.2) is 0 Å². The molecule has 1 heterocycles. The lowest BCUT2D eigenvalue weighted by Gasteiger charge is -2.02. The Bertz CT molecular complexity index is 323. The summed E-state index contributed by atoms with van der Waals surface area (Å²) in [5.74, 6) is -0.0904. The zero-order valence-corrected chi connectivity index (χ0v) is 8.24. The molecule has 0 radical (unpaired) electrons. The summed E-state index contributed by atoms with van der Waals surface area (Å²) >= 11 is 0. The molecule has 82 valence electrons. The number of nitrogens with zero attached hydrogens (tertiary/aromatic N) is 2. The summed E-state index contributed by atoms with van der Waals surface area (Å²) in [6.45, 7) is 0. The Balaban J connectivity index is 0.00000169. The van der Waals surface area contributed by atoms with E-state index in [0.29, 0.717) is 0 Å². The van der Waals surface area contributed by atoms with Crippen LogP contribution in [0.5, 0.6) is 5.88 Å². The van der Waals surface area contributed by atoms with Gasteiger partial charge in [-0.2, -0.15) is 18.3 Å². The van der Waals surface area contributed by atoms with E-state index in [4.69, 9.17) is 5.73 Å². The van der Waals surface area contributed by atoms with Crippen molar-refractivity contribution in [1.29, 1.82) is 0 Å². The zero-order valence-electron chi connectivity index (χ0n) is 7.42. The number of methoxy groups -OCH3 is 1. The van der Waals surface area contributed by atoms with E-state index in [1.54, 1.807) is 0 Å². The van der Waals surface area contributed by atoms with Gasteiger partial charge >= 0.3 is 6.18 Å². The Hall–Kier alpha value is -1.11. The first kappa shape index (κ1) is 12.9. The Labute approximate surface area is 84.2 Å². The van der Waals surface area contributed by atoms with E-state index in [0.717, 1.165) is 4.68 Å². The van der Waals surface area contributed by atoms with Gasteiger partial charge in [-0.1, -0.05) is 0 Å². The van der Waals surface area contributed by atoms with Crippen molar-refractivity contribution in [3.8, 4) is 5.88 Å². The highest BCUT2D eigenvalue weighted by Crippen LogP contribution is 2.36. The summed E-state index contributed by atoms with van der Waals surface area (Å²) in [4.78, 5) is 0. The molecule has 14 heavy (non-hydrogen) atoms. The summed E-state index contributed by atoms with van der Waals surface area (Å²) in [7, 11) is 2.55. The predicted molar refractivity (Wildman–Crippen MR) is 46.4 cm³/mol. The van der Waals surface area contributed by atoms with Crippen LogP contribution >= 0.6 is 12.4 Å². The van der Waals surface area contributed by atoms with Gasteiger partial charge in [0.05, 0.1) is 7.11 Å². The van der Waals surface area contributed by atoms with Crippen LogP contribution in [0.2, 0.25) is 0 Å². The van der Waals surface area contributed by atoms with Crippen molar-refractivity contribution in [2.45, 2.75) is 6.18 Å². The highest BCUT2D eigenvalue weighted by Gasteiger charge is 2.38. The van der Waals surface area contributed by atoms with Gasteiger partial charge in [0, 0.05) is 7.05 Å². The minimum atomic E-state index is -4.54. The van der Waals surface area contributed by atoms with E-state index in [9.17, 15) is 13.2 Å². The fraction of sp³-hybridized carbons (Fsp3) is 0.500. The maximum Gasteiger partial charge on any atom is 0.437 e. The van der Waals surface area contributed by atoms with Crippen molar-refractivity contribution >= 4 is 18.1 Å². The van der Waals surface area contributed by atoms with Crippen LogP contribution < -0.4 is 10.5 Å². The van der Waals surface area contributed by atoms with Crippen LogP contribution in [0.4, 0.5) is 18.9 Å². The lowest BCUT2D eigenvalue weighted by molar-refractivity contribution is -0.140. The Morgan fingerprint density at radius 2 is 1.93 bits per heavy atom. The fourth-order valence-electron chi connectivity index (χ4n) is 0.976. The quantitative estimate of drug-likeness (QED) is 0.796. The van der Waals surface area contributed by atoms with Gasteiger partial charge in [-0.15, -0.1) is 12.4 Å². The van der Waals surface area contributed by atoms with Gasteiger partial charge in [0.1, 0.15) is 5.69 Å². The number of rotatable bonds is 1. The molecule has 0 aliphatic carbocycles. The summed E-state index contributed by atoms with van der Waals surface area (Å²) in [6, 6.07) is 0. The van der Waals surface area contributed by atoms with Gasteiger partial charge in [-0.25, -0.2) is 4.68 Å². The molecule has 0 spiro atoms. The molecule has 1 aromatic heterocycles. The van der Waals surface area contributed by atoms with Crippen molar-refractivity contribution in [3.05, 3.63) is 5.69 Å². The Kier molecular flexibility index (Phi) is 3.64. The highest BCUT2D eigenvalue weighted by molar-refractivity contribution is 5.85. The number of hydrogen-bond acceptors (Lipinski definition) is 3. The smallest absolute Gasteiger partial charge is 0.437 e. The topological polar surface area (TPSA) is 53.1 Å². The van der Waals surface area contributed by atoms with Gasteiger partial charge < -0.3 is 10.5 Å². The van der Waals surface area contributed by atoms with Crippen LogP contribution in [-0.2, 0) is 13.2 Å². The van der Waals surface area contributed by atoms with Gasteiger partial charge in [0.2, 0.25) is 5.88 Å². The fourth-order valence-corrected chi connectivity index (χ4v) is 0.976. The van der Waals surface area contributed by atoms with Crippen LogP contribution in [0.25, 0.3) is 0 Å². The summed E-state index contributed by atoms with van der Waals surface area (Å²) < 4.78 is 42.1. The number of halogens is 4. The molecular formula is C6H9ClF3N3O. The molecule has 8 heteroatoms. The zero-order chi connectivity index (χ0) is 10.2. The number of nitrogen functional groups attached to an aromatic ring is 1. The van der Waals surface area contributed by atoms with Gasteiger partial charge in [0.15, 0.2) is 5.69 Å². The number of nitrogens with two attached hydrogens (primary N) is 1. The number of aryl methyl sites for hydroxylation is 1. The summed E-state index contributed by atoms with van der Waals surface area (Å²) in [5.41, 5.74) is 3.57. The van der Waals surface area contributed by atoms with E-state index in [1.807, 2.05) is 0 Å². The van der Waals surface area contributed by atoms with E-state index >= 15 is 0 Å². The summed E-state index contributed by atoms with van der Waals surface area (Å²) in [5, 5.41) is 3.19. The number of alkyl halides is 3. The molecule has 0 unspecified atom stereocenters. The molecule has 0 aliphatic heterocycles. The van der Waals surface area contributed by atoms with Crippen molar-refractivity contribution in [2.24, 2.45) is 7.05 Å². The average Bonchev–Trinajstić information content (AvgIpc) is 2.25. The minimum Gasteiger partial charge on any atom is -0.480 e. The highest BCUT2D eigenvalue weighted by atomic mass is 35.5. The van der Waals surface area contributed by atoms with E-state index in [-0.39, 0.29) is 18.3 Å². The van der Waals surface area contributed by atoms with Crippen LogP contribution in [0.1, 0.15) is 5.69 Å². The third-order valence-corrected chi connectivity index (χ3v) is 1.49. The number of hydrogen-bond donors (Lipinski definition) is 1. The standard InChI is InChI=1S/C6H8F3N3O.ClH/c1-12-5(13-2)3(10)4(11-12)6(7,8)9;/h10H2,1-2H3;1H. The third kappa shape index (κ3) is 2.03. The second kappa shape index (κ2) is 3.95. The molecule has 0 saturated carbocycles. The minimum absolute atomic E-state index is 0. The van der Waals surface area contributed by atoms with Crippen molar-refractivity contribution in [1.82, 2.24) is 9.78 Å². The van der Waals surface area contributed by atoms with Gasteiger partial charge in [0.25, 0.3) is 0 Å². The van der Waals surface area contributed by atoms with Gasteiger partial charge in [-0.05, 0) is 0 Å². The van der Waals surface area contributed by atoms with Crippen LogP contribution in [0, 0.1) is 0 Å². The van der Waals surface area contributed by atoms with E-state index in [2.05, 4.69) is 9.84 Å². The maximum absolute atomic E-state index is 12.2. The lowest BCUT2D eigenvalue weighted by atomic mass is 10.3. The first-order valence-electron chi connectivity index (χ1n) is 3.31. The first-order chi connectivity index (χ1) is 5.88. The number of ether oxygens (including phenoxy) is 1. The first-order valence-corrected chi connectivity index (χ1v) is 3.31. The molecule has 1 aromatic rings. The van der Waals surface area contributed by atoms with E-state index in [1.165, 1.54) is 14.2 Å². The third-order valence-electron chi connectivity index (χ3n) is 1.49. The molecule has 0 bridgehead atoms. The Morgan fingerprint density at radius 3 is 2.14 bits per heavy atom. The number of aromatic nitrogens is 2. The second-order valence-corrected chi connectivity index (χ2v) is 2.39. The second-order valence-electron chi connectivity index (χ2n) is 2.39. The van der Waals surface area contributed by atoms with Crippen molar-refractivity contribution in [2.75, 3.05) is 12.8 Å².